The topological polar surface area (TPSA) is 79.8 Å². The average Bonchev–Trinajstić information content (AvgIpc) is 2.68. The molecule has 0 aromatic heterocycles. The Morgan fingerprint density at radius 2 is 1.81 bits per heavy atom. The minimum absolute atomic E-state index is 0.00402. The van der Waals surface area contributed by atoms with Gasteiger partial charge in [-0.1, -0.05) is 37.1 Å². The van der Waals surface area contributed by atoms with Gasteiger partial charge in [-0.15, -0.1) is 0 Å². The van der Waals surface area contributed by atoms with Crippen LogP contribution in [0.25, 0.3) is 0 Å². The Hall–Kier alpha value is -1.63. The van der Waals surface area contributed by atoms with Crippen molar-refractivity contribution in [1.29, 1.82) is 0 Å². The normalized spacial score (nSPS) is 17.0. The van der Waals surface area contributed by atoms with E-state index in [9.17, 15) is 4.79 Å². The van der Waals surface area contributed by atoms with E-state index in [0.29, 0.717) is 13.2 Å². The first-order valence-corrected chi connectivity index (χ1v) is 10.2. The number of rotatable bonds is 13. The summed E-state index contributed by atoms with van der Waals surface area (Å²) >= 11 is 0. The van der Waals surface area contributed by atoms with E-state index in [2.05, 4.69) is 34.9 Å². The third-order valence-corrected chi connectivity index (χ3v) is 4.74. The quantitative estimate of drug-likeness (QED) is 0.456. The summed E-state index contributed by atoms with van der Waals surface area (Å²) in [5.74, 6) is 0. The van der Waals surface area contributed by atoms with Crippen molar-refractivity contribution in [3.05, 3.63) is 35.4 Å². The van der Waals surface area contributed by atoms with E-state index in [1.165, 1.54) is 17.5 Å². The highest BCUT2D eigenvalue weighted by Crippen LogP contribution is 2.14. The van der Waals surface area contributed by atoms with E-state index in [0.717, 1.165) is 64.6 Å². The number of amides is 1. The molecule has 1 aliphatic rings. The third kappa shape index (κ3) is 10.3. The van der Waals surface area contributed by atoms with Gasteiger partial charge in [0.1, 0.15) is 0 Å². The minimum Gasteiger partial charge on any atom is -0.465 e. The molecule has 1 aliphatic heterocycles. The van der Waals surface area contributed by atoms with Crippen LogP contribution in [-0.4, -0.2) is 43.8 Å². The van der Waals surface area contributed by atoms with Crippen molar-refractivity contribution in [2.75, 3.05) is 26.3 Å². The molecule has 152 valence electrons. The van der Waals surface area contributed by atoms with Gasteiger partial charge in [0.15, 0.2) is 6.29 Å². The number of ether oxygens (including phenoxy) is 2. The molecule has 0 bridgehead atoms. The van der Waals surface area contributed by atoms with Gasteiger partial charge < -0.3 is 25.2 Å². The van der Waals surface area contributed by atoms with E-state index in [1.807, 2.05) is 0 Å². The van der Waals surface area contributed by atoms with Crippen molar-refractivity contribution in [2.24, 2.45) is 0 Å². The maximum absolute atomic E-state index is 10.3. The highest BCUT2D eigenvalue weighted by molar-refractivity contribution is 5.64. The van der Waals surface area contributed by atoms with Crippen molar-refractivity contribution in [2.45, 2.75) is 64.2 Å². The van der Waals surface area contributed by atoms with Crippen LogP contribution in [0.1, 0.15) is 56.1 Å². The van der Waals surface area contributed by atoms with Crippen LogP contribution < -0.4 is 10.6 Å². The van der Waals surface area contributed by atoms with Crippen LogP contribution in [0.3, 0.4) is 0 Å². The smallest absolute Gasteiger partial charge is 0.404 e. The van der Waals surface area contributed by atoms with Gasteiger partial charge in [-0.05, 0) is 56.2 Å². The summed E-state index contributed by atoms with van der Waals surface area (Å²) in [4.78, 5) is 10.3. The highest BCUT2D eigenvalue weighted by Gasteiger charge is 2.13. The van der Waals surface area contributed by atoms with Crippen LogP contribution in [-0.2, 0) is 22.4 Å². The van der Waals surface area contributed by atoms with E-state index in [4.69, 9.17) is 14.6 Å². The molecule has 0 aliphatic carbocycles. The summed E-state index contributed by atoms with van der Waals surface area (Å²) in [7, 11) is 0. The first-order valence-electron chi connectivity index (χ1n) is 10.2. The second-order valence-corrected chi connectivity index (χ2v) is 7.06. The number of unbranched alkanes of at least 4 members (excludes halogenated alkanes) is 3. The second-order valence-electron chi connectivity index (χ2n) is 7.06. The maximum atomic E-state index is 10.3. The van der Waals surface area contributed by atoms with Crippen LogP contribution >= 0.6 is 0 Å². The summed E-state index contributed by atoms with van der Waals surface area (Å²) in [5.41, 5.74) is 2.59. The zero-order valence-electron chi connectivity index (χ0n) is 16.3. The fourth-order valence-electron chi connectivity index (χ4n) is 3.13. The molecule has 3 N–H and O–H groups in total. The molecule has 0 saturated carbocycles. The Morgan fingerprint density at radius 3 is 2.52 bits per heavy atom. The lowest BCUT2D eigenvalue weighted by Gasteiger charge is -2.22. The van der Waals surface area contributed by atoms with E-state index in [1.54, 1.807) is 0 Å². The van der Waals surface area contributed by atoms with Crippen molar-refractivity contribution in [1.82, 2.24) is 10.6 Å². The number of carbonyl (C=O) groups is 1. The minimum atomic E-state index is -0.937. The molecular formula is C21H34N2O4. The standard InChI is InChI=1S/C21H34N2O4/c24-21(25)23-14-5-2-1-4-13-22-17-19-10-8-18(9-11-19)12-16-27-20-7-3-6-15-26-20/h8-11,20,22-23H,1-7,12-17H2,(H,24,25). The summed E-state index contributed by atoms with van der Waals surface area (Å²) in [6.45, 7) is 3.96. The SMILES string of the molecule is O=C(O)NCCCCCCNCc1ccc(CCOC2CCCCO2)cc1. The molecule has 1 unspecified atom stereocenters. The Balaban J connectivity index is 1.47. The number of nitrogens with one attached hydrogen (secondary N) is 2. The van der Waals surface area contributed by atoms with Gasteiger partial charge in [-0.3, -0.25) is 0 Å². The predicted octanol–water partition coefficient (Wildman–Crippen LogP) is 3.69. The fraction of sp³-hybridized carbons (Fsp3) is 0.667. The molecule has 1 saturated heterocycles. The molecule has 1 aromatic carbocycles. The Kier molecular flexibility index (Phi) is 10.9. The van der Waals surface area contributed by atoms with Crippen LogP contribution in [0, 0.1) is 0 Å². The molecule has 6 heteroatoms. The van der Waals surface area contributed by atoms with Gasteiger partial charge >= 0.3 is 6.09 Å². The molecule has 0 spiro atoms. The first kappa shape index (κ1) is 21.7. The Labute approximate surface area is 162 Å². The Morgan fingerprint density at radius 1 is 1.07 bits per heavy atom. The second kappa shape index (κ2) is 13.5. The lowest BCUT2D eigenvalue weighted by Crippen LogP contribution is -2.23. The maximum Gasteiger partial charge on any atom is 0.404 e. The molecule has 0 radical (unpaired) electrons. The molecule has 1 amide bonds. The number of carboxylic acid groups (broad SMARTS) is 1. The van der Waals surface area contributed by atoms with Crippen LogP contribution in [0.4, 0.5) is 4.79 Å². The molecule has 2 rings (SSSR count). The molecule has 1 fully saturated rings. The summed E-state index contributed by atoms with van der Waals surface area (Å²) in [6.07, 6.45) is 7.56. The lowest BCUT2D eigenvalue weighted by molar-refractivity contribution is -0.161. The summed E-state index contributed by atoms with van der Waals surface area (Å²) in [6, 6.07) is 8.71. The molecule has 1 aromatic rings. The third-order valence-electron chi connectivity index (χ3n) is 4.74. The van der Waals surface area contributed by atoms with Crippen molar-refractivity contribution in [3.63, 3.8) is 0 Å². The predicted molar refractivity (Wildman–Crippen MR) is 106 cm³/mol. The van der Waals surface area contributed by atoms with Gasteiger partial charge in [-0.2, -0.15) is 0 Å². The fourth-order valence-corrected chi connectivity index (χ4v) is 3.13. The molecule has 27 heavy (non-hydrogen) atoms. The first-order chi connectivity index (χ1) is 13.2. The zero-order valence-corrected chi connectivity index (χ0v) is 16.3. The van der Waals surface area contributed by atoms with Gasteiger partial charge in [0.2, 0.25) is 0 Å². The number of hydrogen-bond donors (Lipinski definition) is 3. The zero-order chi connectivity index (χ0) is 19.2. The molecule has 1 atom stereocenters. The summed E-state index contributed by atoms with van der Waals surface area (Å²) < 4.78 is 11.4. The molecular weight excluding hydrogens is 344 g/mol. The van der Waals surface area contributed by atoms with Crippen LogP contribution in [0.5, 0.6) is 0 Å². The molecule has 6 nitrogen and oxygen atoms in total. The lowest BCUT2D eigenvalue weighted by atomic mass is 10.1. The van der Waals surface area contributed by atoms with Gasteiger partial charge in [0.05, 0.1) is 6.61 Å². The van der Waals surface area contributed by atoms with Crippen molar-refractivity contribution >= 4 is 6.09 Å². The summed E-state index contributed by atoms with van der Waals surface area (Å²) in [5, 5.41) is 14.3. The van der Waals surface area contributed by atoms with E-state index in [-0.39, 0.29) is 6.29 Å². The van der Waals surface area contributed by atoms with Crippen LogP contribution in [0.15, 0.2) is 24.3 Å². The molecule has 1 heterocycles. The van der Waals surface area contributed by atoms with Gasteiger partial charge in [-0.25, -0.2) is 4.79 Å². The average molecular weight is 379 g/mol. The van der Waals surface area contributed by atoms with Crippen molar-refractivity contribution < 1.29 is 19.4 Å². The number of hydrogen-bond acceptors (Lipinski definition) is 4. The van der Waals surface area contributed by atoms with Gasteiger partial charge in [0, 0.05) is 19.7 Å². The number of benzene rings is 1. The van der Waals surface area contributed by atoms with E-state index >= 15 is 0 Å². The highest BCUT2D eigenvalue weighted by atomic mass is 16.7. The van der Waals surface area contributed by atoms with Crippen LogP contribution in [0.2, 0.25) is 0 Å². The Bertz CT molecular complexity index is 515. The van der Waals surface area contributed by atoms with Crippen molar-refractivity contribution in [3.8, 4) is 0 Å². The van der Waals surface area contributed by atoms with Gasteiger partial charge in [0.25, 0.3) is 0 Å². The van der Waals surface area contributed by atoms with E-state index < -0.39 is 6.09 Å². The largest absolute Gasteiger partial charge is 0.465 e. The monoisotopic (exact) mass is 378 g/mol.